The average Bonchev–Trinajstić information content (AvgIpc) is 2.91. The van der Waals surface area contributed by atoms with Crippen molar-refractivity contribution in [1.82, 2.24) is 4.90 Å². The molecule has 0 aliphatic heterocycles. The molecule has 2 N–H and O–H groups in total. The van der Waals surface area contributed by atoms with Gasteiger partial charge in [-0.3, -0.25) is 4.79 Å². The van der Waals surface area contributed by atoms with Crippen LogP contribution in [0.4, 0.5) is 5.69 Å². The van der Waals surface area contributed by atoms with Gasteiger partial charge < -0.3 is 15.1 Å². The van der Waals surface area contributed by atoms with Crippen LogP contribution in [0.1, 0.15) is 25.0 Å². The molecule has 4 nitrogen and oxygen atoms in total. The van der Waals surface area contributed by atoms with E-state index in [9.17, 15) is 4.79 Å². The van der Waals surface area contributed by atoms with E-state index in [-0.39, 0.29) is 5.91 Å². The molecular weight excluding hydrogens is 252 g/mol. The average molecular weight is 272 g/mol. The van der Waals surface area contributed by atoms with Crippen molar-refractivity contribution in [1.29, 1.82) is 0 Å². The minimum absolute atomic E-state index is 0.0588. The molecule has 2 aromatic rings. The van der Waals surface area contributed by atoms with E-state index in [0.29, 0.717) is 12.2 Å². The summed E-state index contributed by atoms with van der Waals surface area (Å²) < 4.78 is 5.03. The fraction of sp³-hybridized carbons (Fsp3) is 0.312. The van der Waals surface area contributed by atoms with Gasteiger partial charge in [0.25, 0.3) is 0 Å². The standard InChI is InChI=1S/C16H20N2O2/c1-16(2,13-4-6-14(17)7-5-13)15(19)18(3)10-12-8-9-20-11-12/h4-9,11H,10,17H2,1-3H3. The van der Waals surface area contributed by atoms with Crippen molar-refractivity contribution in [3.05, 3.63) is 54.0 Å². The summed E-state index contributed by atoms with van der Waals surface area (Å²) in [6.07, 6.45) is 3.26. The van der Waals surface area contributed by atoms with E-state index in [4.69, 9.17) is 10.2 Å². The smallest absolute Gasteiger partial charge is 0.232 e. The molecule has 0 aliphatic carbocycles. The summed E-state index contributed by atoms with van der Waals surface area (Å²) in [6, 6.07) is 9.30. The molecule has 0 spiro atoms. The third-order valence-electron chi connectivity index (χ3n) is 3.51. The number of nitrogens with two attached hydrogens (primary N) is 1. The van der Waals surface area contributed by atoms with Crippen molar-refractivity contribution in [3.8, 4) is 0 Å². The van der Waals surface area contributed by atoms with Gasteiger partial charge in [-0.05, 0) is 37.6 Å². The van der Waals surface area contributed by atoms with Gasteiger partial charge in [-0.1, -0.05) is 12.1 Å². The first-order valence-electron chi connectivity index (χ1n) is 6.54. The molecule has 1 amide bonds. The number of furan rings is 1. The summed E-state index contributed by atoms with van der Waals surface area (Å²) in [4.78, 5) is 14.3. The normalized spacial score (nSPS) is 11.3. The van der Waals surface area contributed by atoms with Gasteiger partial charge in [-0.25, -0.2) is 0 Å². The Morgan fingerprint density at radius 2 is 1.90 bits per heavy atom. The van der Waals surface area contributed by atoms with Crippen LogP contribution in [0.25, 0.3) is 0 Å². The highest BCUT2D eigenvalue weighted by Gasteiger charge is 2.32. The molecule has 0 bridgehead atoms. The van der Waals surface area contributed by atoms with Crippen LogP contribution in [0.2, 0.25) is 0 Å². The lowest BCUT2D eigenvalue weighted by molar-refractivity contribution is -0.135. The zero-order valence-electron chi connectivity index (χ0n) is 12.1. The number of nitrogen functional groups attached to an aromatic ring is 1. The molecule has 1 heterocycles. The van der Waals surface area contributed by atoms with Crippen molar-refractivity contribution in [2.24, 2.45) is 0 Å². The Morgan fingerprint density at radius 3 is 2.45 bits per heavy atom. The number of carbonyl (C=O) groups is 1. The van der Waals surface area contributed by atoms with Crippen LogP contribution in [-0.2, 0) is 16.8 Å². The Kier molecular flexibility index (Phi) is 3.84. The van der Waals surface area contributed by atoms with E-state index in [1.54, 1.807) is 24.5 Å². The number of rotatable bonds is 4. The number of likely N-dealkylation sites (N-methyl/N-ethyl adjacent to an activating group) is 1. The number of benzene rings is 1. The predicted octanol–water partition coefficient (Wildman–Crippen LogP) is 2.80. The molecule has 0 atom stereocenters. The molecule has 0 unspecified atom stereocenters. The number of hydrogen-bond donors (Lipinski definition) is 1. The van der Waals surface area contributed by atoms with Gasteiger partial charge in [-0.2, -0.15) is 0 Å². The lowest BCUT2D eigenvalue weighted by Gasteiger charge is -2.29. The highest BCUT2D eigenvalue weighted by atomic mass is 16.3. The van der Waals surface area contributed by atoms with Gasteiger partial charge in [0.1, 0.15) is 0 Å². The summed E-state index contributed by atoms with van der Waals surface area (Å²) in [5, 5.41) is 0. The SMILES string of the molecule is CN(Cc1ccoc1)C(=O)C(C)(C)c1ccc(N)cc1. The summed E-state index contributed by atoms with van der Waals surface area (Å²) in [5.74, 6) is 0.0588. The maximum Gasteiger partial charge on any atom is 0.232 e. The molecule has 0 fully saturated rings. The Balaban J connectivity index is 2.15. The molecule has 1 aromatic carbocycles. The molecule has 4 heteroatoms. The van der Waals surface area contributed by atoms with E-state index in [2.05, 4.69) is 0 Å². The van der Waals surface area contributed by atoms with Crippen molar-refractivity contribution in [3.63, 3.8) is 0 Å². The van der Waals surface area contributed by atoms with E-state index in [1.807, 2.05) is 44.2 Å². The highest BCUT2D eigenvalue weighted by Crippen LogP contribution is 2.26. The van der Waals surface area contributed by atoms with Crippen LogP contribution in [-0.4, -0.2) is 17.9 Å². The number of hydrogen-bond acceptors (Lipinski definition) is 3. The first-order valence-corrected chi connectivity index (χ1v) is 6.54. The minimum Gasteiger partial charge on any atom is -0.472 e. The first-order chi connectivity index (χ1) is 9.41. The summed E-state index contributed by atoms with van der Waals surface area (Å²) in [6.45, 7) is 4.38. The predicted molar refractivity (Wildman–Crippen MR) is 79.1 cm³/mol. The number of carbonyl (C=O) groups excluding carboxylic acids is 1. The second-order valence-electron chi connectivity index (χ2n) is 5.54. The van der Waals surface area contributed by atoms with Gasteiger partial charge in [0.05, 0.1) is 17.9 Å². The Labute approximate surface area is 119 Å². The number of anilines is 1. The first kappa shape index (κ1) is 14.2. The molecule has 1 aromatic heterocycles. The molecule has 0 saturated heterocycles. The van der Waals surface area contributed by atoms with E-state index >= 15 is 0 Å². The molecule has 20 heavy (non-hydrogen) atoms. The largest absolute Gasteiger partial charge is 0.472 e. The second kappa shape index (κ2) is 5.41. The highest BCUT2D eigenvalue weighted by molar-refractivity contribution is 5.87. The topological polar surface area (TPSA) is 59.5 Å². The molecule has 0 radical (unpaired) electrons. The van der Waals surface area contributed by atoms with Crippen molar-refractivity contribution in [2.75, 3.05) is 12.8 Å². The molecule has 0 saturated carbocycles. The van der Waals surface area contributed by atoms with Crippen molar-refractivity contribution >= 4 is 11.6 Å². The Morgan fingerprint density at radius 1 is 1.25 bits per heavy atom. The maximum absolute atomic E-state index is 12.6. The molecule has 2 rings (SSSR count). The Hall–Kier alpha value is -2.23. The molecule has 0 aliphatic rings. The molecular formula is C16H20N2O2. The zero-order valence-corrected chi connectivity index (χ0v) is 12.1. The summed E-state index contributed by atoms with van der Waals surface area (Å²) in [7, 11) is 1.80. The van der Waals surface area contributed by atoms with Crippen LogP contribution in [0.3, 0.4) is 0 Å². The van der Waals surface area contributed by atoms with Gasteiger partial charge in [0.15, 0.2) is 0 Å². The van der Waals surface area contributed by atoms with Crippen LogP contribution in [0, 0.1) is 0 Å². The summed E-state index contributed by atoms with van der Waals surface area (Å²) >= 11 is 0. The van der Waals surface area contributed by atoms with Gasteiger partial charge >= 0.3 is 0 Å². The minimum atomic E-state index is -0.591. The number of nitrogens with zero attached hydrogens (tertiary/aromatic N) is 1. The van der Waals surface area contributed by atoms with Crippen LogP contribution >= 0.6 is 0 Å². The third kappa shape index (κ3) is 2.85. The monoisotopic (exact) mass is 272 g/mol. The van der Waals surface area contributed by atoms with Crippen molar-refractivity contribution < 1.29 is 9.21 Å². The lowest BCUT2D eigenvalue weighted by Crippen LogP contribution is -2.40. The van der Waals surface area contributed by atoms with Crippen LogP contribution < -0.4 is 5.73 Å². The third-order valence-corrected chi connectivity index (χ3v) is 3.51. The fourth-order valence-electron chi connectivity index (χ4n) is 2.23. The number of amides is 1. The van der Waals surface area contributed by atoms with Crippen molar-refractivity contribution in [2.45, 2.75) is 25.8 Å². The van der Waals surface area contributed by atoms with Crippen LogP contribution in [0.5, 0.6) is 0 Å². The molecule has 106 valence electrons. The fourth-order valence-corrected chi connectivity index (χ4v) is 2.23. The van der Waals surface area contributed by atoms with Crippen LogP contribution in [0.15, 0.2) is 47.3 Å². The second-order valence-corrected chi connectivity index (χ2v) is 5.54. The summed E-state index contributed by atoms with van der Waals surface area (Å²) in [5.41, 5.74) is 7.73. The van der Waals surface area contributed by atoms with Gasteiger partial charge in [-0.15, -0.1) is 0 Å². The zero-order chi connectivity index (χ0) is 14.8. The van der Waals surface area contributed by atoms with Gasteiger partial charge in [0, 0.05) is 24.8 Å². The van der Waals surface area contributed by atoms with Gasteiger partial charge in [0.2, 0.25) is 5.91 Å². The van der Waals surface area contributed by atoms with E-state index < -0.39 is 5.41 Å². The quantitative estimate of drug-likeness (QED) is 0.871. The maximum atomic E-state index is 12.6. The lowest BCUT2D eigenvalue weighted by atomic mass is 9.83. The Bertz CT molecular complexity index is 571. The van der Waals surface area contributed by atoms with E-state index in [1.165, 1.54) is 0 Å². The van der Waals surface area contributed by atoms with E-state index in [0.717, 1.165) is 11.1 Å².